The number of ether oxygens (including phenoxy) is 1. The minimum absolute atomic E-state index is 0.0527. The molecule has 2 heterocycles. The number of hydrogen-bond donors (Lipinski definition) is 3. The number of allylic oxidation sites excluding steroid dienone is 3. The third-order valence-corrected chi connectivity index (χ3v) is 5.73. The summed E-state index contributed by atoms with van der Waals surface area (Å²) in [6, 6.07) is 0. The van der Waals surface area contributed by atoms with Gasteiger partial charge in [0.05, 0.1) is 11.4 Å². The van der Waals surface area contributed by atoms with Crippen molar-refractivity contribution >= 4 is 34.8 Å². The third kappa shape index (κ3) is 7.03. The molecule has 1 fully saturated rings. The number of amidine groups is 2. The van der Waals surface area contributed by atoms with Crippen LogP contribution in [0.1, 0.15) is 44.9 Å². The van der Waals surface area contributed by atoms with Gasteiger partial charge in [0.25, 0.3) is 0 Å². The van der Waals surface area contributed by atoms with Crippen LogP contribution in [0.5, 0.6) is 0 Å². The van der Waals surface area contributed by atoms with Crippen LogP contribution < -0.4 is 16.6 Å². The largest absolute Gasteiger partial charge is 0.572 e. The number of hydrazine groups is 1. The number of likely N-dealkylation sites (tertiary alicyclic amines) is 1. The highest BCUT2D eigenvalue weighted by Crippen LogP contribution is 2.28. The fourth-order valence-corrected chi connectivity index (χ4v) is 3.99. The molecule has 0 spiro atoms. The molecule has 3 rings (SSSR count). The van der Waals surface area contributed by atoms with Crippen molar-refractivity contribution in [2.75, 3.05) is 13.1 Å². The molecule has 31 heavy (non-hydrogen) atoms. The average Bonchev–Trinajstić information content (AvgIpc) is 2.73. The molecule has 12 heteroatoms. The number of amides is 1. The number of carbonyl (C=O) groups excluding carboxylic acids is 1. The van der Waals surface area contributed by atoms with E-state index in [1.54, 1.807) is 6.08 Å². The van der Waals surface area contributed by atoms with Crippen molar-refractivity contribution in [2.24, 2.45) is 22.0 Å². The number of nitrogens with zero attached hydrogens (tertiary/aromatic N) is 3. The minimum atomic E-state index is -4.73. The van der Waals surface area contributed by atoms with Gasteiger partial charge in [-0.25, -0.2) is 0 Å². The molecule has 170 valence electrons. The van der Waals surface area contributed by atoms with Crippen molar-refractivity contribution in [2.45, 2.75) is 51.3 Å². The zero-order chi connectivity index (χ0) is 22.4. The molecule has 0 atom stereocenters. The summed E-state index contributed by atoms with van der Waals surface area (Å²) in [5, 5.41) is 11.1. The van der Waals surface area contributed by atoms with E-state index in [1.165, 1.54) is 6.08 Å². The minimum Gasteiger partial charge on any atom is -0.410 e. The highest BCUT2D eigenvalue weighted by Gasteiger charge is 2.32. The van der Waals surface area contributed by atoms with Crippen molar-refractivity contribution in [3.05, 3.63) is 23.5 Å². The summed E-state index contributed by atoms with van der Waals surface area (Å²) in [7, 11) is 0. The Bertz CT molecular complexity index is 829. The summed E-state index contributed by atoms with van der Waals surface area (Å²) in [5.74, 6) is 6.44. The quantitative estimate of drug-likeness (QED) is 0.340. The lowest BCUT2D eigenvalue weighted by molar-refractivity contribution is -0.306. The predicted octanol–water partition coefficient (Wildman–Crippen LogP) is 2.64. The smallest absolute Gasteiger partial charge is 0.410 e. The first-order valence-corrected chi connectivity index (χ1v) is 10.5. The van der Waals surface area contributed by atoms with E-state index >= 15 is 0 Å². The molecule has 1 saturated heterocycles. The second-order valence-electron chi connectivity index (χ2n) is 7.53. The van der Waals surface area contributed by atoms with Crippen LogP contribution in [-0.2, 0) is 9.53 Å². The van der Waals surface area contributed by atoms with Crippen LogP contribution >= 0.6 is 12.2 Å². The highest BCUT2D eigenvalue weighted by molar-refractivity contribution is 7.80. The Kier molecular flexibility index (Phi) is 7.65. The van der Waals surface area contributed by atoms with E-state index < -0.39 is 6.36 Å². The van der Waals surface area contributed by atoms with Gasteiger partial charge in [-0.2, -0.15) is 0 Å². The maximum Gasteiger partial charge on any atom is 0.572 e. The zero-order valence-electron chi connectivity index (χ0n) is 16.9. The molecule has 1 aliphatic carbocycles. The Hall–Kier alpha value is -2.47. The topological polar surface area (TPSA) is 104 Å². The van der Waals surface area contributed by atoms with Crippen molar-refractivity contribution < 1.29 is 22.7 Å². The van der Waals surface area contributed by atoms with E-state index in [-0.39, 0.29) is 30.4 Å². The summed E-state index contributed by atoms with van der Waals surface area (Å²) in [5.41, 5.74) is 3.03. The molecule has 0 aromatic rings. The van der Waals surface area contributed by atoms with Crippen LogP contribution in [0.2, 0.25) is 0 Å². The van der Waals surface area contributed by atoms with Gasteiger partial charge in [0.15, 0.2) is 0 Å². The molecule has 0 aromatic heterocycles. The van der Waals surface area contributed by atoms with Gasteiger partial charge in [0.2, 0.25) is 5.91 Å². The number of carbonyl (C=O) groups is 1. The van der Waals surface area contributed by atoms with Gasteiger partial charge in [-0.1, -0.05) is 18.3 Å². The lowest BCUT2D eigenvalue weighted by atomic mass is 9.96. The SMILES string of the molecule is NNC(=S)C1CCN(C2=NN=C(NC(=O)CC3=CCCC(OC(F)(F)F)=C3)CC2)CC1. The Labute approximate surface area is 183 Å². The van der Waals surface area contributed by atoms with Gasteiger partial charge in [-0.15, -0.1) is 23.4 Å². The molecule has 3 aliphatic rings. The maximum absolute atomic E-state index is 12.4. The van der Waals surface area contributed by atoms with Crippen LogP contribution in [0.25, 0.3) is 0 Å². The van der Waals surface area contributed by atoms with Gasteiger partial charge >= 0.3 is 6.36 Å². The molecular weight excluding hydrogens is 433 g/mol. The normalized spacial score (nSPS) is 20.2. The molecular formula is C19H25F3N6O2S. The predicted molar refractivity (Wildman–Crippen MR) is 114 cm³/mol. The summed E-state index contributed by atoms with van der Waals surface area (Å²) < 4.78 is 41.1. The Morgan fingerprint density at radius 2 is 2.00 bits per heavy atom. The highest BCUT2D eigenvalue weighted by atomic mass is 32.1. The summed E-state index contributed by atoms with van der Waals surface area (Å²) in [4.78, 5) is 15.1. The van der Waals surface area contributed by atoms with Crippen LogP contribution in [0.3, 0.4) is 0 Å². The molecule has 0 unspecified atom stereocenters. The lowest BCUT2D eigenvalue weighted by Gasteiger charge is -2.34. The van der Waals surface area contributed by atoms with E-state index in [9.17, 15) is 18.0 Å². The van der Waals surface area contributed by atoms with Crippen LogP contribution in [0.4, 0.5) is 13.2 Å². The Morgan fingerprint density at radius 3 is 2.61 bits per heavy atom. The molecule has 0 saturated carbocycles. The summed E-state index contributed by atoms with van der Waals surface area (Å²) in [6.45, 7) is 1.62. The van der Waals surface area contributed by atoms with E-state index in [0.717, 1.165) is 31.8 Å². The van der Waals surface area contributed by atoms with Crippen molar-refractivity contribution in [3.8, 4) is 0 Å². The standard InChI is InChI=1S/C19H25F3N6O2S/c20-19(21,22)30-14-3-1-2-12(10-14)11-17(29)24-15-4-5-16(27-26-15)28-8-6-13(7-9-28)18(31)25-23/h2,10,13H,1,3-9,11,23H2,(H,25,31)(H,24,26,29). The molecule has 2 aliphatic heterocycles. The van der Waals surface area contributed by atoms with Gasteiger partial charge < -0.3 is 20.4 Å². The lowest BCUT2D eigenvalue weighted by Crippen LogP contribution is -2.44. The van der Waals surface area contributed by atoms with E-state index in [0.29, 0.717) is 35.7 Å². The van der Waals surface area contributed by atoms with E-state index in [2.05, 4.69) is 30.6 Å². The molecule has 0 bridgehead atoms. The van der Waals surface area contributed by atoms with Gasteiger partial charge in [-0.05, 0) is 30.9 Å². The maximum atomic E-state index is 12.4. The number of alkyl halides is 3. The second-order valence-corrected chi connectivity index (χ2v) is 7.97. The fourth-order valence-electron chi connectivity index (χ4n) is 3.76. The number of rotatable bonds is 4. The van der Waals surface area contributed by atoms with Gasteiger partial charge in [0.1, 0.15) is 17.4 Å². The van der Waals surface area contributed by atoms with E-state index in [4.69, 9.17) is 18.1 Å². The second kappa shape index (κ2) is 10.2. The number of piperidine rings is 1. The first-order chi connectivity index (χ1) is 14.7. The summed E-state index contributed by atoms with van der Waals surface area (Å²) in [6.07, 6.45) is 1.72. The zero-order valence-corrected chi connectivity index (χ0v) is 17.7. The van der Waals surface area contributed by atoms with Crippen LogP contribution in [-0.4, -0.2) is 46.9 Å². The third-order valence-electron chi connectivity index (χ3n) is 5.28. The number of hydrogen-bond acceptors (Lipinski definition) is 7. The van der Waals surface area contributed by atoms with E-state index in [1.807, 2.05) is 0 Å². The van der Waals surface area contributed by atoms with Crippen LogP contribution in [0, 0.1) is 5.92 Å². The summed E-state index contributed by atoms with van der Waals surface area (Å²) >= 11 is 5.20. The van der Waals surface area contributed by atoms with Gasteiger partial charge in [0, 0.05) is 38.3 Å². The Balaban J connectivity index is 1.49. The molecule has 0 radical (unpaired) electrons. The van der Waals surface area contributed by atoms with Crippen molar-refractivity contribution in [1.82, 2.24) is 15.6 Å². The first-order valence-electron chi connectivity index (χ1n) is 10.1. The van der Waals surface area contributed by atoms with Crippen molar-refractivity contribution in [1.29, 1.82) is 0 Å². The number of nitrogens with two attached hydrogens (primary N) is 1. The number of halogens is 3. The molecule has 1 amide bonds. The molecule has 4 N–H and O–H groups in total. The average molecular weight is 459 g/mol. The molecule has 8 nitrogen and oxygen atoms in total. The Morgan fingerprint density at radius 1 is 1.26 bits per heavy atom. The molecule has 0 aromatic carbocycles. The first kappa shape index (κ1) is 23.2. The van der Waals surface area contributed by atoms with Gasteiger partial charge in [-0.3, -0.25) is 10.6 Å². The monoisotopic (exact) mass is 458 g/mol. The van der Waals surface area contributed by atoms with Crippen LogP contribution in [0.15, 0.2) is 33.7 Å². The fraction of sp³-hybridized carbons (Fsp3) is 0.579. The number of thiocarbonyl (C=S) groups is 1. The van der Waals surface area contributed by atoms with Crippen molar-refractivity contribution in [3.63, 3.8) is 0 Å². The number of nitrogens with one attached hydrogen (secondary N) is 2.